The molecule has 32 heavy (non-hydrogen) atoms. The minimum Gasteiger partial charge on any atom is -0.484 e. The molecule has 0 radical (unpaired) electrons. The highest BCUT2D eigenvalue weighted by atomic mass is 32.2. The number of esters is 1. The Balaban J connectivity index is 1.39. The first-order chi connectivity index (χ1) is 15.5. The molecule has 2 aliphatic heterocycles. The topological polar surface area (TPSA) is 76.2 Å². The van der Waals surface area contributed by atoms with Crippen LogP contribution in [-0.2, 0) is 19.1 Å². The highest BCUT2D eigenvalue weighted by Crippen LogP contribution is 2.43. The normalized spacial score (nSPS) is 17.6. The number of benzene rings is 1. The maximum Gasteiger partial charge on any atom is 0.309 e. The zero-order valence-electron chi connectivity index (χ0n) is 18.8. The van der Waals surface area contributed by atoms with E-state index in [1.807, 2.05) is 35.7 Å². The first-order valence-corrected chi connectivity index (χ1v) is 13.2. The van der Waals surface area contributed by atoms with Crippen molar-refractivity contribution in [1.82, 2.24) is 9.80 Å². The van der Waals surface area contributed by atoms with Gasteiger partial charge in [0.25, 0.3) is 5.91 Å². The minimum atomic E-state index is -0.248. The van der Waals surface area contributed by atoms with E-state index in [1.165, 1.54) is 28.4 Å². The zero-order chi connectivity index (χ0) is 22.9. The number of thioether (sulfide) groups is 2. The summed E-state index contributed by atoms with van der Waals surface area (Å²) in [5.74, 6) is 2.34. The molecular weight excluding hydrogens is 448 g/mol. The first-order valence-electron chi connectivity index (χ1n) is 11.1. The molecule has 0 aromatic heterocycles. The molecule has 9 heteroatoms. The third-order valence-electron chi connectivity index (χ3n) is 5.61. The number of carbonyl (C=O) groups excluding carboxylic acids is 3. The van der Waals surface area contributed by atoms with Gasteiger partial charge in [-0.3, -0.25) is 14.4 Å². The van der Waals surface area contributed by atoms with E-state index >= 15 is 0 Å². The van der Waals surface area contributed by atoms with Gasteiger partial charge in [0.15, 0.2) is 6.61 Å². The number of likely N-dealkylation sites (N-methyl/N-ethyl adjacent to an activating group) is 1. The summed E-state index contributed by atoms with van der Waals surface area (Å²) in [5, 5.41) is 0. The second-order valence-electron chi connectivity index (χ2n) is 7.94. The fourth-order valence-electron chi connectivity index (χ4n) is 3.67. The van der Waals surface area contributed by atoms with E-state index in [-0.39, 0.29) is 36.9 Å². The molecule has 1 aromatic carbocycles. The lowest BCUT2D eigenvalue weighted by atomic mass is 9.97. The van der Waals surface area contributed by atoms with Crippen LogP contribution in [0.5, 0.6) is 5.75 Å². The lowest BCUT2D eigenvalue weighted by Crippen LogP contribution is -2.46. The molecular formula is C23H32N2O5S2. The Morgan fingerprint density at radius 1 is 1.09 bits per heavy atom. The zero-order valence-corrected chi connectivity index (χ0v) is 20.4. The summed E-state index contributed by atoms with van der Waals surface area (Å²) in [7, 11) is 1.61. The molecule has 0 N–H and O–H groups in total. The number of likely N-dealkylation sites (tertiary alicyclic amines) is 1. The Bertz CT molecular complexity index is 775. The Morgan fingerprint density at radius 2 is 1.75 bits per heavy atom. The van der Waals surface area contributed by atoms with Gasteiger partial charge < -0.3 is 19.3 Å². The molecule has 0 unspecified atom stereocenters. The van der Waals surface area contributed by atoms with Gasteiger partial charge in [-0.2, -0.15) is 0 Å². The van der Waals surface area contributed by atoms with Gasteiger partial charge in [0.1, 0.15) is 5.75 Å². The van der Waals surface area contributed by atoms with Gasteiger partial charge in [0.2, 0.25) is 5.91 Å². The van der Waals surface area contributed by atoms with Crippen molar-refractivity contribution in [2.45, 2.75) is 30.8 Å². The molecule has 2 heterocycles. The molecule has 1 aromatic rings. The average Bonchev–Trinajstić information content (AvgIpc) is 2.83. The Hall–Kier alpha value is -1.87. The standard InChI is InChI=1S/C23H32N2O5S2/c1-3-29-22(28)17-9-11-25(12-10-17)20(26)15-24(2)21(27)16-30-19-7-5-18(6-8-19)23-31-13-4-14-32-23/h5-8,17,23H,3-4,9-16H2,1-2H3. The van der Waals surface area contributed by atoms with Gasteiger partial charge in [-0.05, 0) is 55.4 Å². The summed E-state index contributed by atoms with van der Waals surface area (Å²) in [6.07, 6.45) is 2.45. The van der Waals surface area contributed by atoms with Crippen LogP contribution >= 0.6 is 23.5 Å². The van der Waals surface area contributed by atoms with Gasteiger partial charge in [-0.25, -0.2) is 0 Å². The molecule has 0 bridgehead atoms. The molecule has 0 aliphatic carbocycles. The monoisotopic (exact) mass is 480 g/mol. The summed E-state index contributed by atoms with van der Waals surface area (Å²) < 4.78 is 11.2. The molecule has 176 valence electrons. The van der Waals surface area contributed by atoms with Crippen LogP contribution < -0.4 is 4.74 Å². The third-order valence-corrected chi connectivity index (χ3v) is 8.62. The van der Waals surface area contributed by atoms with E-state index in [4.69, 9.17) is 9.47 Å². The minimum absolute atomic E-state index is 0.00132. The molecule has 2 aliphatic rings. The first kappa shape index (κ1) is 24.8. The quantitative estimate of drug-likeness (QED) is 0.529. The average molecular weight is 481 g/mol. The number of ether oxygens (including phenoxy) is 2. The highest BCUT2D eigenvalue weighted by molar-refractivity contribution is 8.16. The molecule has 0 saturated carbocycles. The van der Waals surface area contributed by atoms with Crippen molar-refractivity contribution in [1.29, 1.82) is 0 Å². The number of nitrogens with zero attached hydrogens (tertiary/aromatic N) is 2. The van der Waals surface area contributed by atoms with Crippen LogP contribution in [0.1, 0.15) is 36.3 Å². The second-order valence-corrected chi connectivity index (χ2v) is 10.7. The van der Waals surface area contributed by atoms with Gasteiger partial charge in [-0.1, -0.05) is 12.1 Å². The summed E-state index contributed by atoms with van der Waals surface area (Å²) in [4.78, 5) is 39.9. The van der Waals surface area contributed by atoms with Crippen LogP contribution in [0.2, 0.25) is 0 Å². The van der Waals surface area contributed by atoms with Crippen molar-refractivity contribution >= 4 is 41.3 Å². The number of hydrogen-bond acceptors (Lipinski definition) is 7. The predicted molar refractivity (Wildman–Crippen MR) is 128 cm³/mol. The van der Waals surface area contributed by atoms with Gasteiger partial charge >= 0.3 is 5.97 Å². The number of amides is 2. The van der Waals surface area contributed by atoms with E-state index in [9.17, 15) is 14.4 Å². The van der Waals surface area contributed by atoms with Crippen molar-refractivity contribution in [2.75, 3.05) is 51.4 Å². The fraction of sp³-hybridized carbons (Fsp3) is 0.609. The van der Waals surface area contributed by atoms with Crippen LogP contribution in [0.15, 0.2) is 24.3 Å². The Labute approximate surface area is 198 Å². The maximum absolute atomic E-state index is 12.5. The summed E-state index contributed by atoms with van der Waals surface area (Å²) in [5.41, 5.74) is 1.27. The summed E-state index contributed by atoms with van der Waals surface area (Å²) in [6.45, 7) is 3.06. The van der Waals surface area contributed by atoms with Crippen LogP contribution in [0, 0.1) is 5.92 Å². The van der Waals surface area contributed by atoms with Crippen molar-refractivity contribution in [3.05, 3.63) is 29.8 Å². The number of carbonyl (C=O) groups is 3. The molecule has 2 saturated heterocycles. The number of rotatable bonds is 8. The lowest BCUT2D eigenvalue weighted by molar-refractivity contribution is -0.151. The van der Waals surface area contributed by atoms with Crippen LogP contribution in [0.25, 0.3) is 0 Å². The van der Waals surface area contributed by atoms with Crippen molar-refractivity contribution in [3.63, 3.8) is 0 Å². The van der Waals surface area contributed by atoms with Crippen LogP contribution in [0.3, 0.4) is 0 Å². The molecule has 2 fully saturated rings. The van der Waals surface area contributed by atoms with Gasteiger partial charge in [-0.15, -0.1) is 23.5 Å². The smallest absolute Gasteiger partial charge is 0.309 e. The SMILES string of the molecule is CCOC(=O)C1CCN(C(=O)CN(C)C(=O)COc2ccc(C3SCCCS3)cc2)CC1. The van der Waals surface area contributed by atoms with Crippen LogP contribution in [0.4, 0.5) is 0 Å². The maximum atomic E-state index is 12.5. The van der Waals surface area contributed by atoms with Gasteiger partial charge in [0, 0.05) is 20.1 Å². The number of piperidine rings is 1. The third kappa shape index (κ3) is 7.07. The van der Waals surface area contributed by atoms with Gasteiger partial charge in [0.05, 0.1) is 23.7 Å². The molecule has 0 spiro atoms. The number of hydrogen-bond donors (Lipinski definition) is 0. The lowest BCUT2D eigenvalue weighted by Gasteiger charge is -2.32. The Morgan fingerprint density at radius 3 is 2.38 bits per heavy atom. The fourth-order valence-corrected chi connectivity index (χ4v) is 6.57. The van der Waals surface area contributed by atoms with E-state index in [2.05, 4.69) is 12.1 Å². The van der Waals surface area contributed by atoms with E-state index in [0.717, 1.165) is 0 Å². The highest BCUT2D eigenvalue weighted by Gasteiger charge is 2.29. The Kier molecular flexibility index (Phi) is 9.59. The second kappa shape index (κ2) is 12.4. The largest absolute Gasteiger partial charge is 0.484 e. The van der Waals surface area contributed by atoms with Crippen molar-refractivity contribution < 1.29 is 23.9 Å². The predicted octanol–water partition coefficient (Wildman–Crippen LogP) is 3.19. The molecule has 0 atom stereocenters. The summed E-state index contributed by atoms with van der Waals surface area (Å²) >= 11 is 3.94. The molecule has 2 amide bonds. The molecule has 7 nitrogen and oxygen atoms in total. The molecule has 3 rings (SSSR count). The van der Waals surface area contributed by atoms with E-state index in [0.29, 0.717) is 42.9 Å². The van der Waals surface area contributed by atoms with E-state index < -0.39 is 0 Å². The van der Waals surface area contributed by atoms with Crippen molar-refractivity contribution in [2.24, 2.45) is 5.92 Å². The van der Waals surface area contributed by atoms with Crippen LogP contribution in [-0.4, -0.2) is 79.0 Å². The van der Waals surface area contributed by atoms with E-state index in [1.54, 1.807) is 18.9 Å². The van der Waals surface area contributed by atoms with Crippen molar-refractivity contribution in [3.8, 4) is 5.75 Å². The summed E-state index contributed by atoms with van der Waals surface area (Å²) in [6, 6.07) is 7.92.